The molecule has 0 N–H and O–H groups in total. The summed E-state index contributed by atoms with van der Waals surface area (Å²) in [5.41, 5.74) is 0. The van der Waals surface area contributed by atoms with Gasteiger partial charge in [-0.1, -0.05) is 0 Å². The largest absolute Gasteiger partial charge is 0.547 e. The fourth-order valence-corrected chi connectivity index (χ4v) is 19.2. The summed E-state index contributed by atoms with van der Waals surface area (Å²) < 4.78 is 31.8. The van der Waals surface area contributed by atoms with Crippen molar-refractivity contribution in [3.63, 3.8) is 0 Å². The maximum atomic E-state index is 6.43. The zero-order valence-electron chi connectivity index (χ0n) is 18.0. The molecule has 145 valence electrons. The Kier molecular flexibility index (Phi) is 8.80. The molecule has 0 aromatic heterocycles. The average Bonchev–Trinajstić information content (AvgIpc) is 2.00. The fraction of sp³-hybridized carbons (Fsp3) is 1.00. The lowest BCUT2D eigenvalue weighted by molar-refractivity contribution is 0.206. The summed E-state index contributed by atoms with van der Waals surface area (Å²) >= 11 is 0. The quantitative estimate of drug-likeness (QED) is 0.446. The summed E-state index contributed by atoms with van der Waals surface area (Å²) in [4.78, 5) is 0. The van der Waals surface area contributed by atoms with E-state index in [0.29, 0.717) is 0 Å². The minimum Gasteiger partial charge on any atom is -0.417 e. The summed E-state index contributed by atoms with van der Waals surface area (Å²) in [5.74, 6) is 0. The van der Waals surface area contributed by atoms with Gasteiger partial charge in [0.2, 0.25) is 0 Å². The lowest BCUT2D eigenvalue weighted by atomic mass is 11.8. The van der Waals surface area contributed by atoms with Crippen molar-refractivity contribution in [3.8, 4) is 0 Å². The van der Waals surface area contributed by atoms with Crippen LogP contribution in [0.15, 0.2) is 0 Å². The standard InChI is InChI=1S/C13H39O5Si6/c1-20(2,3)14-19(15-21(4,5)6)16-24(13,17-22(7,8)9)18-23(10,11)12/h1-13H3. The van der Waals surface area contributed by atoms with E-state index in [4.69, 9.17) is 20.6 Å². The Morgan fingerprint density at radius 2 is 0.708 bits per heavy atom. The Hall–Kier alpha value is 1.10. The molecule has 0 aromatic rings. The van der Waals surface area contributed by atoms with E-state index in [-0.39, 0.29) is 0 Å². The van der Waals surface area contributed by atoms with Crippen LogP contribution < -0.4 is 0 Å². The predicted molar refractivity (Wildman–Crippen MR) is 116 cm³/mol. The first-order valence-corrected chi connectivity index (χ1v) is 25.6. The van der Waals surface area contributed by atoms with E-state index in [1.54, 1.807) is 0 Å². The first kappa shape index (κ1) is 25.1. The van der Waals surface area contributed by atoms with Crippen LogP contribution in [0.5, 0.6) is 0 Å². The van der Waals surface area contributed by atoms with Gasteiger partial charge in [0.25, 0.3) is 0 Å². The molecule has 0 saturated heterocycles. The van der Waals surface area contributed by atoms with Crippen LogP contribution in [0, 0.1) is 0 Å². The molecule has 0 fully saturated rings. The SMILES string of the molecule is C[Si](C)(C)O[Si](O[Si](C)(C)C)O[Si](C)(O[Si](C)(C)C)O[Si](C)(C)C. The Morgan fingerprint density at radius 1 is 0.417 bits per heavy atom. The molecular formula is C13H39O5Si6. The third-order valence-corrected chi connectivity index (χ3v) is 18.3. The van der Waals surface area contributed by atoms with Crippen molar-refractivity contribution in [2.75, 3.05) is 0 Å². The lowest BCUT2D eigenvalue weighted by Gasteiger charge is -2.40. The molecule has 24 heavy (non-hydrogen) atoms. The second kappa shape index (κ2) is 8.41. The highest BCUT2D eigenvalue weighted by Crippen LogP contribution is 2.24. The van der Waals surface area contributed by atoms with E-state index in [1.165, 1.54) is 0 Å². The van der Waals surface area contributed by atoms with Gasteiger partial charge in [-0.25, -0.2) is 0 Å². The summed E-state index contributed by atoms with van der Waals surface area (Å²) in [5, 5.41) is 0. The molecule has 0 rings (SSSR count). The van der Waals surface area contributed by atoms with Gasteiger partial charge in [-0.2, -0.15) is 0 Å². The van der Waals surface area contributed by atoms with Crippen molar-refractivity contribution in [1.82, 2.24) is 0 Å². The summed E-state index contributed by atoms with van der Waals surface area (Å²) in [6.45, 7) is 28.0. The molecule has 0 atom stereocenters. The molecular weight excluding hydrogens is 405 g/mol. The van der Waals surface area contributed by atoms with Crippen LogP contribution in [-0.4, -0.2) is 51.6 Å². The van der Waals surface area contributed by atoms with Crippen molar-refractivity contribution in [2.45, 2.75) is 85.1 Å². The molecule has 0 aromatic carbocycles. The molecule has 0 bridgehead atoms. The Balaban J connectivity index is 5.47. The van der Waals surface area contributed by atoms with Crippen LogP contribution >= 0.6 is 0 Å². The monoisotopic (exact) mass is 443 g/mol. The van der Waals surface area contributed by atoms with Gasteiger partial charge in [0.15, 0.2) is 33.3 Å². The zero-order valence-corrected chi connectivity index (χ0v) is 24.0. The molecule has 0 unspecified atom stereocenters. The molecule has 0 aliphatic heterocycles. The van der Waals surface area contributed by atoms with Crippen LogP contribution in [0.4, 0.5) is 0 Å². The molecule has 0 amide bonds. The van der Waals surface area contributed by atoms with Crippen molar-refractivity contribution < 1.29 is 20.6 Å². The van der Waals surface area contributed by atoms with Gasteiger partial charge in [-0.3, -0.25) is 0 Å². The Bertz CT molecular complexity index is 362. The van der Waals surface area contributed by atoms with E-state index in [9.17, 15) is 0 Å². The van der Waals surface area contributed by atoms with Gasteiger partial charge >= 0.3 is 18.3 Å². The smallest absolute Gasteiger partial charge is 0.417 e. The number of hydrogen-bond acceptors (Lipinski definition) is 5. The zero-order chi connectivity index (χ0) is 19.6. The Morgan fingerprint density at radius 3 is 0.917 bits per heavy atom. The lowest BCUT2D eigenvalue weighted by Crippen LogP contribution is -2.59. The minimum absolute atomic E-state index is 1.79. The highest BCUT2D eigenvalue weighted by molar-refractivity contribution is 6.88. The first-order chi connectivity index (χ1) is 10.2. The normalized spacial score (nSPS) is 15.2. The molecule has 0 aliphatic rings. The maximum Gasteiger partial charge on any atom is 0.547 e. The van der Waals surface area contributed by atoms with E-state index in [1.807, 2.05) is 6.55 Å². The van der Waals surface area contributed by atoms with E-state index >= 15 is 0 Å². The number of rotatable bonds is 10. The fourth-order valence-electron chi connectivity index (χ4n) is 1.89. The van der Waals surface area contributed by atoms with Crippen LogP contribution in [0.25, 0.3) is 0 Å². The molecule has 0 heterocycles. The highest BCUT2D eigenvalue weighted by atomic mass is 28.5. The van der Waals surface area contributed by atoms with Gasteiger partial charge < -0.3 is 20.6 Å². The topological polar surface area (TPSA) is 46.2 Å². The molecule has 0 spiro atoms. The second-order valence-electron chi connectivity index (χ2n) is 10.1. The van der Waals surface area contributed by atoms with Gasteiger partial charge in [0.05, 0.1) is 0 Å². The van der Waals surface area contributed by atoms with E-state index < -0.39 is 51.6 Å². The van der Waals surface area contributed by atoms with Crippen LogP contribution in [-0.2, 0) is 20.6 Å². The Labute approximate surface area is 157 Å². The van der Waals surface area contributed by atoms with Crippen LogP contribution in [0.1, 0.15) is 0 Å². The molecule has 11 heteroatoms. The summed E-state index contributed by atoms with van der Waals surface area (Å²) in [6.07, 6.45) is 0. The van der Waals surface area contributed by atoms with Crippen LogP contribution in [0.3, 0.4) is 0 Å². The molecule has 0 aliphatic carbocycles. The summed E-state index contributed by atoms with van der Waals surface area (Å²) in [6, 6.07) is 0. The first-order valence-electron chi connectivity index (χ1n) is 8.54. The van der Waals surface area contributed by atoms with Gasteiger partial charge in [0, 0.05) is 6.55 Å². The van der Waals surface area contributed by atoms with Gasteiger partial charge in [-0.15, -0.1) is 0 Å². The van der Waals surface area contributed by atoms with E-state index in [0.717, 1.165) is 0 Å². The third kappa shape index (κ3) is 14.3. The molecule has 0 saturated carbocycles. The van der Waals surface area contributed by atoms with Crippen molar-refractivity contribution >= 4 is 51.6 Å². The van der Waals surface area contributed by atoms with Gasteiger partial charge in [-0.05, 0) is 78.6 Å². The highest BCUT2D eigenvalue weighted by Gasteiger charge is 2.48. The van der Waals surface area contributed by atoms with Crippen LogP contribution in [0.2, 0.25) is 85.1 Å². The van der Waals surface area contributed by atoms with Crippen molar-refractivity contribution in [3.05, 3.63) is 0 Å². The maximum absolute atomic E-state index is 6.43. The van der Waals surface area contributed by atoms with Gasteiger partial charge in [0.1, 0.15) is 0 Å². The summed E-state index contributed by atoms with van der Waals surface area (Å²) in [7, 11) is -11.9. The predicted octanol–water partition coefficient (Wildman–Crippen LogP) is 4.96. The average molecular weight is 444 g/mol. The van der Waals surface area contributed by atoms with E-state index in [2.05, 4.69) is 78.6 Å². The third-order valence-electron chi connectivity index (χ3n) is 2.03. The molecule has 5 nitrogen and oxygen atoms in total. The minimum atomic E-state index is -2.82. The van der Waals surface area contributed by atoms with Crippen molar-refractivity contribution in [2.24, 2.45) is 0 Å². The van der Waals surface area contributed by atoms with Crippen molar-refractivity contribution in [1.29, 1.82) is 0 Å². The molecule has 1 radical (unpaired) electrons. The second-order valence-corrected chi connectivity index (χ2v) is 33.3. The number of hydrogen-bond donors (Lipinski definition) is 0.